The van der Waals surface area contributed by atoms with Crippen LogP contribution in [0.4, 0.5) is 0 Å². The molecule has 0 aliphatic carbocycles. The highest BCUT2D eigenvalue weighted by Crippen LogP contribution is 2.24. The molecule has 11 nitrogen and oxygen atoms in total. The van der Waals surface area contributed by atoms with Crippen molar-refractivity contribution in [3.8, 4) is 5.75 Å². The molecular weight excluding hydrogens is 432 g/mol. The molecule has 33 heavy (non-hydrogen) atoms. The first-order valence-corrected chi connectivity index (χ1v) is 10.5. The zero-order chi connectivity index (χ0) is 24.6. The molecule has 0 aromatic heterocycles. The van der Waals surface area contributed by atoms with Crippen LogP contribution >= 0.6 is 0 Å². The molecule has 1 aromatic rings. The van der Waals surface area contributed by atoms with Crippen LogP contribution in [0.25, 0.3) is 0 Å². The van der Waals surface area contributed by atoms with E-state index < -0.39 is 17.9 Å². The number of ether oxygens (including phenoxy) is 1. The minimum absolute atomic E-state index is 0.0257. The van der Waals surface area contributed by atoms with Crippen LogP contribution < -0.4 is 20.7 Å². The fourth-order valence-electron chi connectivity index (χ4n) is 2.91. The van der Waals surface area contributed by atoms with Crippen LogP contribution in [-0.2, 0) is 19.2 Å². The van der Waals surface area contributed by atoms with Crippen molar-refractivity contribution in [1.29, 1.82) is 0 Å². The molecule has 1 atom stereocenters. The number of hydrogen-bond acceptors (Lipinski definition) is 7. The zero-order valence-corrected chi connectivity index (χ0v) is 18.8. The van der Waals surface area contributed by atoms with Crippen molar-refractivity contribution in [2.75, 3.05) is 33.8 Å². The van der Waals surface area contributed by atoms with Gasteiger partial charge in [-0.05, 0) is 25.3 Å². The second kappa shape index (κ2) is 15.1. The number of benzene rings is 1. The highest BCUT2D eigenvalue weighted by atomic mass is 16.5. The highest BCUT2D eigenvalue weighted by molar-refractivity contribution is 6.04. The summed E-state index contributed by atoms with van der Waals surface area (Å²) in [7, 11) is 2.86. The first-order chi connectivity index (χ1) is 15.9. The Morgan fingerprint density at radius 1 is 1.09 bits per heavy atom. The van der Waals surface area contributed by atoms with Crippen LogP contribution in [0, 0.1) is 0 Å². The van der Waals surface area contributed by atoms with Gasteiger partial charge in [-0.3, -0.25) is 24.0 Å². The van der Waals surface area contributed by atoms with Gasteiger partial charge in [0.05, 0.1) is 11.6 Å². The quantitative estimate of drug-likeness (QED) is 0.225. The Kier molecular flexibility index (Phi) is 12.5. The van der Waals surface area contributed by atoms with Crippen LogP contribution in [0.15, 0.2) is 18.2 Å². The van der Waals surface area contributed by atoms with Crippen molar-refractivity contribution in [2.45, 2.75) is 31.7 Å². The number of nitrogens with one attached hydrogen (secondary N) is 3. The number of carbonyl (C=O) groups excluding carboxylic acids is 6. The third-order valence-corrected chi connectivity index (χ3v) is 4.83. The zero-order valence-electron chi connectivity index (χ0n) is 18.8. The molecule has 0 fully saturated rings. The summed E-state index contributed by atoms with van der Waals surface area (Å²) in [4.78, 5) is 71.0. The Morgan fingerprint density at radius 2 is 1.82 bits per heavy atom. The monoisotopic (exact) mass is 462 g/mol. The number of aldehydes is 2. The number of nitrogens with zero attached hydrogens (tertiary/aromatic N) is 1. The maximum absolute atomic E-state index is 13.1. The molecule has 0 heterocycles. The van der Waals surface area contributed by atoms with E-state index in [1.165, 1.54) is 32.3 Å². The maximum atomic E-state index is 13.1. The normalized spacial score (nSPS) is 11.0. The summed E-state index contributed by atoms with van der Waals surface area (Å²) in [6.07, 6.45) is 3.16. The first kappa shape index (κ1) is 27.3. The summed E-state index contributed by atoms with van der Waals surface area (Å²) >= 11 is 0. The van der Waals surface area contributed by atoms with Crippen molar-refractivity contribution in [2.24, 2.45) is 0 Å². The molecule has 1 unspecified atom stereocenters. The Morgan fingerprint density at radius 3 is 2.45 bits per heavy atom. The van der Waals surface area contributed by atoms with Gasteiger partial charge in [0.15, 0.2) is 12.9 Å². The third kappa shape index (κ3) is 9.09. The minimum atomic E-state index is -0.889. The average Bonchev–Trinajstić information content (AvgIpc) is 2.83. The predicted molar refractivity (Wildman–Crippen MR) is 119 cm³/mol. The Labute approximate surface area is 192 Å². The van der Waals surface area contributed by atoms with E-state index in [1.807, 2.05) is 0 Å². The van der Waals surface area contributed by atoms with Crippen molar-refractivity contribution < 1.29 is 33.5 Å². The molecule has 1 aromatic carbocycles. The number of likely N-dealkylation sites (N-methyl/N-ethyl adjacent to an activating group) is 1. The van der Waals surface area contributed by atoms with Crippen LogP contribution in [-0.4, -0.2) is 81.4 Å². The van der Waals surface area contributed by atoms with Crippen LogP contribution in [0.5, 0.6) is 5.75 Å². The van der Waals surface area contributed by atoms with E-state index in [0.29, 0.717) is 44.9 Å². The molecule has 0 aliphatic rings. The molecule has 0 saturated carbocycles. The first-order valence-electron chi connectivity index (χ1n) is 10.5. The average molecular weight is 463 g/mol. The Balaban J connectivity index is 2.84. The minimum Gasteiger partial charge on any atom is -0.483 e. The molecule has 4 amide bonds. The third-order valence-electron chi connectivity index (χ3n) is 4.83. The lowest BCUT2D eigenvalue weighted by molar-refractivity contribution is -0.123. The molecule has 0 aliphatic heterocycles. The van der Waals surface area contributed by atoms with Gasteiger partial charge >= 0.3 is 0 Å². The van der Waals surface area contributed by atoms with Gasteiger partial charge in [0.25, 0.3) is 11.8 Å². The van der Waals surface area contributed by atoms with E-state index in [9.17, 15) is 28.8 Å². The van der Waals surface area contributed by atoms with Crippen molar-refractivity contribution in [3.63, 3.8) is 0 Å². The highest BCUT2D eigenvalue weighted by Gasteiger charge is 2.26. The lowest BCUT2D eigenvalue weighted by Crippen LogP contribution is -2.39. The number of rotatable bonds is 16. The summed E-state index contributed by atoms with van der Waals surface area (Å²) in [5.41, 5.74) is -0.0297. The van der Waals surface area contributed by atoms with Gasteiger partial charge in [0.2, 0.25) is 12.3 Å². The Bertz CT molecular complexity index is 844. The van der Waals surface area contributed by atoms with Crippen molar-refractivity contribution in [3.05, 3.63) is 29.3 Å². The van der Waals surface area contributed by atoms with E-state index in [-0.39, 0.29) is 42.2 Å². The van der Waals surface area contributed by atoms with Gasteiger partial charge < -0.3 is 30.4 Å². The number of amides is 4. The fraction of sp³-hybridized carbons (Fsp3) is 0.455. The van der Waals surface area contributed by atoms with Gasteiger partial charge in [0.1, 0.15) is 12.0 Å². The van der Waals surface area contributed by atoms with Gasteiger partial charge in [-0.1, -0.05) is 12.1 Å². The largest absolute Gasteiger partial charge is 0.483 e. The maximum Gasteiger partial charge on any atom is 0.258 e. The van der Waals surface area contributed by atoms with E-state index in [1.54, 1.807) is 0 Å². The summed E-state index contributed by atoms with van der Waals surface area (Å²) < 4.78 is 5.51. The molecule has 0 saturated heterocycles. The second-order valence-corrected chi connectivity index (χ2v) is 7.09. The molecule has 180 valence electrons. The van der Waals surface area contributed by atoms with Crippen LogP contribution in [0.2, 0.25) is 0 Å². The molecule has 3 N–H and O–H groups in total. The molecule has 0 spiro atoms. The van der Waals surface area contributed by atoms with E-state index in [2.05, 4.69) is 16.0 Å². The predicted octanol–water partition coefficient (Wildman–Crippen LogP) is -0.314. The summed E-state index contributed by atoms with van der Waals surface area (Å²) in [5.74, 6) is -1.31. The summed E-state index contributed by atoms with van der Waals surface area (Å²) in [6.45, 7) is 0.517. The standard InChI is InChI=1S/C22H30N4O7/c1-23-19(30)9-8-17(13-28)26(2)22(32)21-16(12-27)6-5-7-18(21)33-14-20(31)25-11-4-3-10-24-15-29/h5-7,12-13,15,17H,3-4,8-11,14H2,1-2H3,(H,23,30)(H,24,29)(H,25,31). The summed E-state index contributed by atoms with van der Waals surface area (Å²) in [5, 5.41) is 7.63. The Hall–Kier alpha value is -3.76. The SMILES string of the molecule is CNC(=O)CCC(C=O)N(C)C(=O)c1c(C=O)cccc1OCC(=O)NCCCCNC=O. The van der Waals surface area contributed by atoms with Crippen LogP contribution in [0.1, 0.15) is 46.4 Å². The van der Waals surface area contributed by atoms with Crippen molar-refractivity contribution in [1.82, 2.24) is 20.9 Å². The molecular formula is C22H30N4O7. The van der Waals surface area contributed by atoms with Gasteiger partial charge in [-0.25, -0.2) is 0 Å². The number of hydrogen-bond donors (Lipinski definition) is 3. The number of carbonyl (C=O) groups is 6. The fourth-order valence-corrected chi connectivity index (χ4v) is 2.91. The van der Waals surface area contributed by atoms with E-state index >= 15 is 0 Å². The van der Waals surface area contributed by atoms with E-state index in [4.69, 9.17) is 4.74 Å². The van der Waals surface area contributed by atoms with Crippen LogP contribution in [0.3, 0.4) is 0 Å². The molecule has 1 rings (SSSR count). The molecule has 0 bridgehead atoms. The van der Waals surface area contributed by atoms with Crippen molar-refractivity contribution >= 4 is 36.7 Å². The smallest absolute Gasteiger partial charge is 0.258 e. The van der Waals surface area contributed by atoms with Gasteiger partial charge in [-0.2, -0.15) is 0 Å². The lowest BCUT2D eigenvalue weighted by Gasteiger charge is -2.25. The molecule has 11 heteroatoms. The van der Waals surface area contributed by atoms with Gasteiger partial charge in [-0.15, -0.1) is 0 Å². The lowest BCUT2D eigenvalue weighted by atomic mass is 10.0. The summed E-state index contributed by atoms with van der Waals surface area (Å²) in [6, 6.07) is 3.50. The van der Waals surface area contributed by atoms with E-state index in [0.717, 1.165) is 4.90 Å². The van der Waals surface area contributed by atoms with Gasteiger partial charge in [0, 0.05) is 39.2 Å². The second-order valence-electron chi connectivity index (χ2n) is 7.09. The topological polar surface area (TPSA) is 151 Å². The molecule has 0 radical (unpaired) electrons. The number of unbranched alkanes of at least 4 members (excludes halogenated alkanes) is 1.